The van der Waals surface area contributed by atoms with Crippen LogP contribution in [-0.4, -0.2) is 126 Å². The van der Waals surface area contributed by atoms with Gasteiger partial charge in [0.15, 0.2) is 30.7 Å². The van der Waals surface area contributed by atoms with Gasteiger partial charge in [0, 0.05) is 48.5 Å². The summed E-state index contributed by atoms with van der Waals surface area (Å²) in [5.74, 6) is -7.37. The summed E-state index contributed by atoms with van der Waals surface area (Å²) in [7, 11) is 0. The normalized spacial score (nSPS) is 29.3. The molecule has 0 aromatic carbocycles. The van der Waals surface area contributed by atoms with Crippen molar-refractivity contribution in [2.75, 3.05) is 13.2 Å². The molecule has 2 saturated heterocycles. The molecule has 2 heterocycles. The first-order valence-electron chi connectivity index (χ1n) is 14.5. The summed E-state index contributed by atoms with van der Waals surface area (Å²) in [6, 6.07) is 0. The van der Waals surface area contributed by atoms with Crippen LogP contribution in [0.5, 0.6) is 0 Å². The molecule has 282 valence electrons. The van der Waals surface area contributed by atoms with Crippen LogP contribution < -0.4 is 0 Å². The molecule has 1 unspecified atom stereocenters. The zero-order valence-corrected chi connectivity index (χ0v) is 29.9. The lowest BCUT2D eigenvalue weighted by molar-refractivity contribution is -0.355. The number of ether oxygens (including phenoxy) is 11. The SMILES string of the molecule is CC(=O)OC[C@H]1O[C@@H](O[C@H]2[C@H](OC(C)=O)[C@@H](OC(C)=O)C(OC(=N)C(Cl)(Cl)Cl)O[C@@H]2COC(C)=O)[C@H](OC(C)=O)[C@@H](OC(C)=O)[C@H]1OC(C)=O. The van der Waals surface area contributed by atoms with Crippen LogP contribution in [0.25, 0.3) is 0 Å². The number of esters is 7. The van der Waals surface area contributed by atoms with Crippen LogP contribution in [0.1, 0.15) is 48.5 Å². The van der Waals surface area contributed by atoms with Crippen molar-refractivity contribution in [3.63, 3.8) is 0 Å². The predicted octanol–water partition coefficient (Wildman–Crippen LogP) is 0.970. The quantitative estimate of drug-likeness (QED) is 0.0953. The van der Waals surface area contributed by atoms with Gasteiger partial charge in [-0.1, -0.05) is 34.8 Å². The van der Waals surface area contributed by atoms with Gasteiger partial charge in [0.2, 0.25) is 18.3 Å². The maximum absolute atomic E-state index is 12.4. The molecule has 0 aliphatic carbocycles. The van der Waals surface area contributed by atoms with Gasteiger partial charge in [-0.05, 0) is 0 Å². The summed E-state index contributed by atoms with van der Waals surface area (Å²) in [6.07, 6.45) is -17.0. The van der Waals surface area contributed by atoms with Crippen molar-refractivity contribution < 1.29 is 85.7 Å². The molecular formula is C28H36Cl3NO18. The molecule has 0 spiro atoms. The fraction of sp³-hybridized carbons (Fsp3) is 0.714. The topological polar surface area (TPSA) is 245 Å². The molecule has 10 atom stereocenters. The van der Waals surface area contributed by atoms with Gasteiger partial charge in [0.1, 0.15) is 31.5 Å². The molecular weight excluding hydrogens is 745 g/mol. The van der Waals surface area contributed by atoms with Crippen LogP contribution in [0.15, 0.2) is 0 Å². The minimum Gasteiger partial charge on any atom is -0.463 e. The van der Waals surface area contributed by atoms with Crippen molar-refractivity contribution in [2.45, 2.75) is 114 Å². The number of halogens is 3. The number of carbonyl (C=O) groups is 7. The lowest BCUT2D eigenvalue weighted by Gasteiger charge is -2.48. The third-order valence-electron chi connectivity index (χ3n) is 6.38. The summed E-state index contributed by atoms with van der Waals surface area (Å²) in [4.78, 5) is 84.9. The lowest BCUT2D eigenvalue weighted by atomic mass is 9.96. The Labute approximate surface area is 300 Å². The zero-order valence-electron chi connectivity index (χ0n) is 27.7. The summed E-state index contributed by atoms with van der Waals surface area (Å²) >= 11 is 17.3. The molecule has 2 aliphatic heterocycles. The van der Waals surface area contributed by atoms with Crippen molar-refractivity contribution in [3.05, 3.63) is 0 Å². The predicted molar refractivity (Wildman–Crippen MR) is 162 cm³/mol. The Kier molecular flexibility index (Phi) is 15.9. The van der Waals surface area contributed by atoms with Crippen molar-refractivity contribution in [2.24, 2.45) is 0 Å². The Morgan fingerprint density at radius 2 is 0.840 bits per heavy atom. The van der Waals surface area contributed by atoms with E-state index in [1.807, 2.05) is 0 Å². The number of hydrogen-bond acceptors (Lipinski definition) is 19. The Morgan fingerprint density at radius 1 is 0.500 bits per heavy atom. The molecule has 50 heavy (non-hydrogen) atoms. The van der Waals surface area contributed by atoms with Gasteiger partial charge >= 0.3 is 41.8 Å². The first kappa shape index (κ1) is 42.7. The van der Waals surface area contributed by atoms with Crippen molar-refractivity contribution in [1.82, 2.24) is 0 Å². The molecule has 2 aliphatic rings. The summed E-state index contributed by atoms with van der Waals surface area (Å²) in [5, 5.41) is 8.03. The minimum atomic E-state index is -2.45. The first-order valence-corrected chi connectivity index (χ1v) is 15.7. The van der Waals surface area contributed by atoms with E-state index in [2.05, 4.69) is 0 Å². The van der Waals surface area contributed by atoms with E-state index in [4.69, 9.17) is 92.3 Å². The maximum Gasteiger partial charge on any atom is 0.303 e. The molecule has 0 aromatic heterocycles. The summed E-state index contributed by atoms with van der Waals surface area (Å²) < 4.78 is 58.1. The number of nitrogens with one attached hydrogen (secondary N) is 1. The van der Waals surface area contributed by atoms with E-state index in [-0.39, 0.29) is 0 Å². The van der Waals surface area contributed by atoms with E-state index in [0.717, 1.165) is 48.5 Å². The average Bonchev–Trinajstić information content (AvgIpc) is 2.95. The minimum absolute atomic E-state index is 0.617. The highest BCUT2D eigenvalue weighted by molar-refractivity contribution is 6.76. The first-order chi connectivity index (χ1) is 23.1. The van der Waals surface area contributed by atoms with Crippen LogP contribution in [0.2, 0.25) is 0 Å². The third kappa shape index (κ3) is 13.0. The molecule has 0 radical (unpaired) electrons. The van der Waals surface area contributed by atoms with E-state index in [9.17, 15) is 33.6 Å². The highest BCUT2D eigenvalue weighted by Crippen LogP contribution is 2.37. The fourth-order valence-electron chi connectivity index (χ4n) is 4.75. The van der Waals surface area contributed by atoms with E-state index in [0.29, 0.717) is 0 Å². The van der Waals surface area contributed by atoms with Gasteiger partial charge in [-0.15, -0.1) is 0 Å². The van der Waals surface area contributed by atoms with Crippen molar-refractivity contribution in [3.8, 4) is 0 Å². The van der Waals surface area contributed by atoms with Crippen molar-refractivity contribution in [1.29, 1.82) is 5.41 Å². The second-order valence-electron chi connectivity index (χ2n) is 10.6. The summed E-state index contributed by atoms with van der Waals surface area (Å²) in [6.45, 7) is 5.79. The van der Waals surface area contributed by atoms with Gasteiger partial charge in [-0.25, -0.2) is 0 Å². The van der Waals surface area contributed by atoms with Gasteiger partial charge in [-0.2, -0.15) is 0 Å². The Bertz CT molecular complexity index is 1310. The Hall–Kier alpha value is -3.49. The molecule has 0 amide bonds. The highest BCUT2D eigenvalue weighted by atomic mass is 35.6. The zero-order chi connectivity index (χ0) is 38.1. The molecule has 22 heteroatoms. The summed E-state index contributed by atoms with van der Waals surface area (Å²) in [5.41, 5.74) is 0. The van der Waals surface area contributed by atoms with Crippen LogP contribution in [0.3, 0.4) is 0 Å². The Morgan fingerprint density at radius 3 is 1.24 bits per heavy atom. The number of hydrogen-bond donors (Lipinski definition) is 1. The largest absolute Gasteiger partial charge is 0.463 e. The number of rotatable bonds is 12. The van der Waals surface area contributed by atoms with Crippen LogP contribution >= 0.6 is 34.8 Å². The van der Waals surface area contributed by atoms with Gasteiger partial charge in [0.25, 0.3) is 3.79 Å². The van der Waals surface area contributed by atoms with Crippen LogP contribution in [-0.2, 0) is 85.7 Å². The smallest absolute Gasteiger partial charge is 0.303 e. The monoisotopic (exact) mass is 779 g/mol. The molecule has 2 fully saturated rings. The van der Waals surface area contributed by atoms with E-state index >= 15 is 0 Å². The van der Waals surface area contributed by atoms with Crippen LogP contribution in [0, 0.1) is 5.41 Å². The van der Waals surface area contributed by atoms with Crippen LogP contribution in [0.4, 0.5) is 0 Å². The second-order valence-corrected chi connectivity index (χ2v) is 12.9. The third-order valence-corrected chi connectivity index (χ3v) is 6.89. The number of alkyl halides is 3. The molecule has 1 N–H and O–H groups in total. The lowest BCUT2D eigenvalue weighted by Crippen LogP contribution is -2.67. The van der Waals surface area contributed by atoms with E-state index in [1.165, 1.54) is 0 Å². The standard InChI is InChI=1S/C28H36Cl3NO18/c1-10(33)40-8-17-19(42-12(3)35)21(43-13(4)36)23(45-15(6)38)25(47-17)49-20-18(9-41-11(2)34)48-26(50-27(32)28(29,30)31)24(46-16(7)39)22(20)44-14(5)37/h17-26,32H,8-9H2,1-7H3/t17-,18-,19+,20-,21+,22+,23-,24-,25+,26?/m1/s1. The van der Waals surface area contributed by atoms with Gasteiger partial charge in [-0.3, -0.25) is 39.0 Å². The molecule has 0 bridgehead atoms. The molecule has 0 aromatic rings. The van der Waals surface area contributed by atoms with Gasteiger partial charge < -0.3 is 52.1 Å². The highest BCUT2D eigenvalue weighted by Gasteiger charge is 2.58. The van der Waals surface area contributed by atoms with E-state index < -0.39 is 126 Å². The number of carbonyl (C=O) groups excluding carboxylic acids is 7. The van der Waals surface area contributed by atoms with Gasteiger partial charge in [0.05, 0.1) is 0 Å². The molecule has 0 saturated carbocycles. The Balaban J connectivity index is 2.77. The molecule has 19 nitrogen and oxygen atoms in total. The average molecular weight is 781 g/mol. The van der Waals surface area contributed by atoms with Crippen molar-refractivity contribution >= 4 is 82.5 Å². The molecule has 2 rings (SSSR count). The van der Waals surface area contributed by atoms with E-state index in [1.54, 1.807) is 0 Å². The fourth-order valence-corrected chi connectivity index (χ4v) is 4.88. The maximum atomic E-state index is 12.4. The second kappa shape index (κ2) is 18.7.